The van der Waals surface area contributed by atoms with Gasteiger partial charge in [0.15, 0.2) is 0 Å². The van der Waals surface area contributed by atoms with Gasteiger partial charge in [0.2, 0.25) is 0 Å². The molecule has 0 saturated carbocycles. The van der Waals surface area contributed by atoms with Gasteiger partial charge >= 0.3 is 82.8 Å². The van der Waals surface area contributed by atoms with Crippen molar-refractivity contribution in [2.24, 2.45) is 0 Å². The van der Waals surface area contributed by atoms with Gasteiger partial charge in [0.1, 0.15) is 5.75 Å². The molecule has 8 heteroatoms. The SMILES string of the molecule is OB(O)Oc1ccccc1.[LiH].[LiH].[LiH].[LiH]. The molecule has 1 aromatic rings. The van der Waals surface area contributed by atoms with Gasteiger partial charge in [0.25, 0.3) is 0 Å². The van der Waals surface area contributed by atoms with E-state index in [0.717, 1.165) is 0 Å². The van der Waals surface area contributed by atoms with E-state index in [9.17, 15) is 0 Å². The van der Waals surface area contributed by atoms with E-state index in [1.54, 1.807) is 24.3 Å². The molecule has 0 fully saturated rings. The maximum absolute atomic E-state index is 8.34. The first-order valence-electron chi connectivity index (χ1n) is 2.87. The summed E-state index contributed by atoms with van der Waals surface area (Å²) in [5.74, 6) is 0.442. The summed E-state index contributed by atoms with van der Waals surface area (Å²) in [5, 5.41) is 16.7. The molecule has 0 aromatic heterocycles. The van der Waals surface area contributed by atoms with E-state index in [0.29, 0.717) is 5.75 Å². The van der Waals surface area contributed by atoms with E-state index in [1.807, 2.05) is 6.07 Å². The first-order valence-corrected chi connectivity index (χ1v) is 2.87. The van der Waals surface area contributed by atoms with Gasteiger partial charge in [0, 0.05) is 0 Å². The van der Waals surface area contributed by atoms with E-state index in [2.05, 4.69) is 4.65 Å². The Labute approximate surface area is 132 Å². The minimum atomic E-state index is -1.73. The molecule has 0 atom stereocenters. The zero-order valence-electron chi connectivity index (χ0n) is 5.27. The molecule has 60 valence electrons. The molecule has 0 saturated heterocycles. The van der Waals surface area contributed by atoms with Crippen molar-refractivity contribution in [2.45, 2.75) is 0 Å². The molecule has 0 aliphatic carbocycles. The van der Waals surface area contributed by atoms with Crippen LogP contribution in [0.3, 0.4) is 0 Å². The minimum absolute atomic E-state index is 0. The molecule has 0 unspecified atom stereocenters. The van der Waals surface area contributed by atoms with Crippen molar-refractivity contribution in [3.63, 3.8) is 0 Å². The number of benzene rings is 1. The first-order chi connectivity index (χ1) is 4.79. The van der Waals surface area contributed by atoms with Crippen LogP contribution < -0.4 is 4.65 Å². The molecule has 1 aromatic carbocycles. The molecule has 1 rings (SSSR count). The van der Waals surface area contributed by atoms with Crippen LogP contribution in [0.1, 0.15) is 0 Å². The van der Waals surface area contributed by atoms with E-state index >= 15 is 0 Å². The Hall–Kier alpha value is 1.39. The topological polar surface area (TPSA) is 49.7 Å². The zero-order valence-corrected chi connectivity index (χ0v) is 5.27. The second kappa shape index (κ2) is 14.4. The van der Waals surface area contributed by atoms with Crippen molar-refractivity contribution >= 4 is 82.8 Å². The molecular weight excluding hydrogens is 159 g/mol. The summed E-state index contributed by atoms with van der Waals surface area (Å²) >= 11 is 0. The molecule has 3 nitrogen and oxygen atoms in total. The van der Waals surface area contributed by atoms with Gasteiger partial charge in [-0.25, -0.2) is 0 Å². The maximum atomic E-state index is 8.34. The van der Waals surface area contributed by atoms with Gasteiger partial charge in [-0.05, 0) is 12.1 Å². The third kappa shape index (κ3) is 11.5. The van der Waals surface area contributed by atoms with Crippen LogP contribution in [0.15, 0.2) is 30.3 Å². The van der Waals surface area contributed by atoms with Crippen LogP contribution in [0.25, 0.3) is 0 Å². The van der Waals surface area contributed by atoms with Crippen molar-refractivity contribution < 1.29 is 14.7 Å². The Kier molecular flexibility index (Phi) is 25.3. The molecule has 0 heterocycles. The number of hydrogen-bond acceptors (Lipinski definition) is 3. The number of para-hydroxylation sites is 1. The first kappa shape index (κ1) is 24.6. The fourth-order valence-corrected chi connectivity index (χ4v) is 0.621. The third-order valence-electron chi connectivity index (χ3n) is 0.985. The third-order valence-corrected chi connectivity index (χ3v) is 0.985. The molecule has 0 amide bonds. The molecule has 14 heavy (non-hydrogen) atoms. The molecule has 0 spiro atoms. The van der Waals surface area contributed by atoms with Gasteiger partial charge in [-0.1, -0.05) is 18.2 Å². The second-order valence-corrected chi connectivity index (χ2v) is 1.76. The van der Waals surface area contributed by atoms with Gasteiger partial charge in [0.05, 0.1) is 0 Å². The van der Waals surface area contributed by atoms with E-state index < -0.39 is 7.32 Å². The van der Waals surface area contributed by atoms with E-state index in [-0.39, 0.29) is 75.4 Å². The summed E-state index contributed by atoms with van der Waals surface area (Å²) < 4.78 is 4.53. The van der Waals surface area contributed by atoms with E-state index in [4.69, 9.17) is 10.0 Å². The molecular formula is C6H11BLi4O3. The summed E-state index contributed by atoms with van der Waals surface area (Å²) in [4.78, 5) is 0. The molecule has 0 radical (unpaired) electrons. The van der Waals surface area contributed by atoms with Crippen LogP contribution in [-0.2, 0) is 0 Å². The van der Waals surface area contributed by atoms with E-state index in [1.165, 1.54) is 0 Å². The Morgan fingerprint density at radius 2 is 1.29 bits per heavy atom. The zero-order chi connectivity index (χ0) is 7.40. The Bertz CT molecular complexity index is 200. The van der Waals surface area contributed by atoms with Crippen LogP contribution in [0.4, 0.5) is 0 Å². The molecule has 2 N–H and O–H groups in total. The van der Waals surface area contributed by atoms with Gasteiger partial charge in [-0.3, -0.25) is 0 Å². The Balaban J connectivity index is -0.000000125. The van der Waals surface area contributed by atoms with Crippen molar-refractivity contribution in [2.75, 3.05) is 0 Å². The van der Waals surface area contributed by atoms with Crippen LogP contribution in [0.5, 0.6) is 5.75 Å². The second-order valence-electron chi connectivity index (χ2n) is 1.76. The van der Waals surface area contributed by atoms with Gasteiger partial charge < -0.3 is 14.7 Å². The monoisotopic (exact) mass is 170 g/mol. The van der Waals surface area contributed by atoms with Crippen molar-refractivity contribution in [1.29, 1.82) is 0 Å². The van der Waals surface area contributed by atoms with Gasteiger partial charge in [-0.2, -0.15) is 0 Å². The average Bonchev–Trinajstić information content (AvgIpc) is 1.88. The van der Waals surface area contributed by atoms with Crippen LogP contribution in [0.2, 0.25) is 0 Å². The summed E-state index contributed by atoms with van der Waals surface area (Å²) in [7, 11) is -1.73. The molecule has 0 bridgehead atoms. The predicted octanol–water partition coefficient (Wildman–Crippen LogP) is -2.56. The van der Waals surface area contributed by atoms with Crippen molar-refractivity contribution in [3.05, 3.63) is 30.3 Å². The average molecular weight is 170 g/mol. The fraction of sp³-hybridized carbons (Fsp3) is 0. The number of rotatable bonds is 2. The molecule has 0 aliphatic heterocycles. The van der Waals surface area contributed by atoms with Crippen molar-refractivity contribution in [1.82, 2.24) is 0 Å². The predicted molar refractivity (Wildman–Crippen MR) is 65.9 cm³/mol. The summed E-state index contributed by atoms with van der Waals surface area (Å²) in [6.07, 6.45) is 0. The summed E-state index contributed by atoms with van der Waals surface area (Å²) in [6, 6.07) is 8.59. The Morgan fingerprint density at radius 1 is 0.857 bits per heavy atom. The standard InChI is InChI=1S/C6H7BO3.4Li.4H/c8-7(9)10-6-4-2-1-3-5-6;;;;;;;;/h1-5,8-9H;;;;;;;;. The van der Waals surface area contributed by atoms with Gasteiger partial charge in [-0.15, -0.1) is 0 Å². The normalized spacial score (nSPS) is 6.43. The van der Waals surface area contributed by atoms with Crippen LogP contribution in [0, 0.1) is 0 Å². The number of hydrogen-bond donors (Lipinski definition) is 2. The quantitative estimate of drug-likeness (QED) is 0.479. The fourth-order valence-electron chi connectivity index (χ4n) is 0.621. The van der Waals surface area contributed by atoms with Crippen molar-refractivity contribution in [3.8, 4) is 5.75 Å². The summed E-state index contributed by atoms with van der Waals surface area (Å²) in [6.45, 7) is 0. The Morgan fingerprint density at radius 3 is 1.64 bits per heavy atom. The summed E-state index contributed by atoms with van der Waals surface area (Å²) in [5.41, 5.74) is 0. The van der Waals surface area contributed by atoms with Crippen LogP contribution >= 0.6 is 0 Å². The van der Waals surface area contributed by atoms with Crippen LogP contribution in [-0.4, -0.2) is 92.8 Å². The molecule has 0 aliphatic rings.